The van der Waals surface area contributed by atoms with Gasteiger partial charge in [0.15, 0.2) is 10.8 Å². The minimum Gasteiger partial charge on any atom is -0.385 e. The number of H-pyrrole nitrogens is 1. The molecule has 2 aromatic heterocycles. The van der Waals surface area contributed by atoms with Crippen LogP contribution in [-0.2, 0) is 11.3 Å². The Hall–Kier alpha value is -1.11. The number of fused-ring (bicyclic) bond motifs is 1. The Morgan fingerprint density at radius 2 is 2.18 bits per heavy atom. The number of ether oxygens (including phenoxy) is 1. The van der Waals surface area contributed by atoms with E-state index in [1.165, 1.54) is 4.57 Å². The van der Waals surface area contributed by atoms with Gasteiger partial charge in [-0.05, 0) is 18.0 Å². The van der Waals surface area contributed by atoms with Crippen molar-refractivity contribution in [3.63, 3.8) is 0 Å². The molecule has 0 spiro atoms. The molecule has 2 aromatic rings. The summed E-state index contributed by atoms with van der Waals surface area (Å²) in [5.74, 6) is 0. The van der Waals surface area contributed by atoms with Crippen molar-refractivity contribution >= 4 is 34.4 Å². The van der Waals surface area contributed by atoms with Gasteiger partial charge in [0, 0.05) is 20.3 Å². The zero-order valence-electron chi connectivity index (χ0n) is 9.04. The first-order valence-corrected chi connectivity index (χ1v) is 5.69. The van der Waals surface area contributed by atoms with E-state index in [0.29, 0.717) is 30.7 Å². The lowest BCUT2D eigenvalue weighted by Gasteiger charge is -2.02. The number of nitrogens with one attached hydrogen (secondary N) is 1. The summed E-state index contributed by atoms with van der Waals surface area (Å²) in [7, 11) is 1.61. The summed E-state index contributed by atoms with van der Waals surface area (Å²) in [5.41, 5.74) is 0.532. The lowest BCUT2D eigenvalue weighted by Crippen LogP contribution is -2.17. The molecule has 0 saturated heterocycles. The Labute approximate surface area is 107 Å². The summed E-state index contributed by atoms with van der Waals surface area (Å²) >= 11 is 11.6. The molecule has 17 heavy (non-hydrogen) atoms. The normalized spacial score (nSPS) is 11.2. The van der Waals surface area contributed by atoms with Crippen molar-refractivity contribution in [2.75, 3.05) is 13.7 Å². The molecule has 1 N–H and O–H groups in total. The minimum atomic E-state index is -0.283. The molecule has 0 bridgehead atoms. The summed E-state index contributed by atoms with van der Waals surface area (Å²) in [4.78, 5) is 22.1. The van der Waals surface area contributed by atoms with E-state index < -0.39 is 0 Å². The molecule has 2 heterocycles. The topological polar surface area (TPSA) is 72.8 Å². The maximum atomic E-state index is 11.7. The SMILES string of the molecule is COCCCn1c(=O)[nH]c2c(Cl)nc(Cl)nc21. The average Bonchev–Trinajstić information content (AvgIpc) is 2.57. The van der Waals surface area contributed by atoms with Gasteiger partial charge in [-0.2, -0.15) is 4.98 Å². The molecular formula is C9H10Cl2N4O2. The van der Waals surface area contributed by atoms with Crippen LogP contribution in [0.2, 0.25) is 10.4 Å². The smallest absolute Gasteiger partial charge is 0.327 e. The molecule has 0 amide bonds. The largest absolute Gasteiger partial charge is 0.385 e. The summed E-state index contributed by atoms with van der Waals surface area (Å²) in [5, 5.41) is 0.157. The predicted octanol–water partition coefficient (Wildman–Crippen LogP) is 1.46. The number of aromatic amines is 1. The number of imidazole rings is 1. The van der Waals surface area contributed by atoms with Gasteiger partial charge < -0.3 is 9.72 Å². The molecule has 0 aromatic carbocycles. The number of hydrogen-bond acceptors (Lipinski definition) is 4. The summed E-state index contributed by atoms with van der Waals surface area (Å²) in [6, 6.07) is 0. The third kappa shape index (κ3) is 2.43. The zero-order valence-corrected chi connectivity index (χ0v) is 10.5. The summed E-state index contributed by atoms with van der Waals surface area (Å²) in [6.45, 7) is 1.04. The number of rotatable bonds is 4. The first-order valence-electron chi connectivity index (χ1n) is 4.94. The molecule has 0 aliphatic heterocycles. The number of methoxy groups -OCH3 is 1. The Bertz CT molecular complexity index is 592. The van der Waals surface area contributed by atoms with E-state index in [0.717, 1.165) is 0 Å². The van der Waals surface area contributed by atoms with E-state index in [1.807, 2.05) is 0 Å². The standard InChI is InChI=1S/C9H10Cl2N4O2/c1-17-4-2-3-15-7-5(12-9(15)16)6(10)13-8(11)14-7/h2-4H2,1H3,(H,12,16). The lowest BCUT2D eigenvalue weighted by molar-refractivity contribution is 0.190. The fraction of sp³-hybridized carbons (Fsp3) is 0.444. The fourth-order valence-corrected chi connectivity index (χ4v) is 1.96. The van der Waals surface area contributed by atoms with E-state index in [4.69, 9.17) is 27.9 Å². The van der Waals surface area contributed by atoms with Crippen LogP contribution in [0, 0.1) is 0 Å². The van der Waals surface area contributed by atoms with Crippen LogP contribution in [0.15, 0.2) is 4.79 Å². The highest BCUT2D eigenvalue weighted by Crippen LogP contribution is 2.18. The van der Waals surface area contributed by atoms with Gasteiger partial charge in [-0.1, -0.05) is 11.6 Å². The van der Waals surface area contributed by atoms with Gasteiger partial charge in [0.2, 0.25) is 5.28 Å². The van der Waals surface area contributed by atoms with Crippen molar-refractivity contribution in [2.24, 2.45) is 0 Å². The number of nitrogens with zero attached hydrogens (tertiary/aromatic N) is 3. The average molecular weight is 277 g/mol. The number of halogens is 2. The Kier molecular flexibility index (Phi) is 3.66. The van der Waals surface area contributed by atoms with Crippen LogP contribution in [0.4, 0.5) is 0 Å². The summed E-state index contributed by atoms with van der Waals surface area (Å²) < 4.78 is 6.40. The molecule has 0 aliphatic rings. The van der Waals surface area contributed by atoms with Crippen molar-refractivity contribution < 1.29 is 4.74 Å². The highest BCUT2D eigenvalue weighted by Gasteiger charge is 2.13. The maximum absolute atomic E-state index is 11.7. The van der Waals surface area contributed by atoms with Crippen LogP contribution < -0.4 is 5.69 Å². The fourth-order valence-electron chi connectivity index (χ4n) is 1.55. The molecule has 0 saturated carbocycles. The third-order valence-corrected chi connectivity index (χ3v) is 2.72. The lowest BCUT2D eigenvalue weighted by atomic mass is 10.4. The van der Waals surface area contributed by atoms with E-state index >= 15 is 0 Å². The molecule has 2 rings (SSSR count). The first-order chi connectivity index (χ1) is 8.13. The van der Waals surface area contributed by atoms with Crippen LogP contribution in [0.3, 0.4) is 0 Å². The number of aromatic nitrogens is 4. The second-order valence-corrected chi connectivity index (χ2v) is 4.11. The van der Waals surface area contributed by atoms with E-state index in [-0.39, 0.29) is 16.1 Å². The highest BCUT2D eigenvalue weighted by atomic mass is 35.5. The molecule has 92 valence electrons. The van der Waals surface area contributed by atoms with Crippen LogP contribution in [0.1, 0.15) is 6.42 Å². The van der Waals surface area contributed by atoms with Crippen molar-refractivity contribution in [1.82, 2.24) is 19.5 Å². The van der Waals surface area contributed by atoms with E-state index in [2.05, 4.69) is 15.0 Å². The molecule has 8 heteroatoms. The maximum Gasteiger partial charge on any atom is 0.327 e. The van der Waals surface area contributed by atoms with Crippen molar-refractivity contribution in [3.8, 4) is 0 Å². The molecule has 0 fully saturated rings. The first kappa shape index (κ1) is 12.3. The van der Waals surface area contributed by atoms with Gasteiger partial charge in [0.1, 0.15) is 5.52 Å². The Morgan fingerprint density at radius 1 is 1.41 bits per heavy atom. The van der Waals surface area contributed by atoms with Gasteiger partial charge in [-0.25, -0.2) is 9.78 Å². The van der Waals surface area contributed by atoms with Gasteiger partial charge in [0.05, 0.1) is 0 Å². The second-order valence-electron chi connectivity index (χ2n) is 3.41. The highest BCUT2D eigenvalue weighted by molar-refractivity contribution is 6.35. The van der Waals surface area contributed by atoms with Gasteiger partial charge >= 0.3 is 5.69 Å². The molecule has 0 aliphatic carbocycles. The number of hydrogen-bond donors (Lipinski definition) is 1. The van der Waals surface area contributed by atoms with Crippen LogP contribution in [0.5, 0.6) is 0 Å². The molecular weight excluding hydrogens is 267 g/mol. The molecule has 0 unspecified atom stereocenters. The predicted molar refractivity (Wildman–Crippen MR) is 64.7 cm³/mol. The molecule has 0 radical (unpaired) electrons. The van der Waals surface area contributed by atoms with Gasteiger partial charge in [0.25, 0.3) is 0 Å². The van der Waals surface area contributed by atoms with Crippen molar-refractivity contribution in [2.45, 2.75) is 13.0 Å². The second kappa shape index (κ2) is 5.03. The van der Waals surface area contributed by atoms with E-state index in [9.17, 15) is 4.79 Å². The Morgan fingerprint density at radius 3 is 2.88 bits per heavy atom. The third-order valence-electron chi connectivity index (χ3n) is 2.28. The van der Waals surface area contributed by atoms with Crippen LogP contribution in [0.25, 0.3) is 11.2 Å². The van der Waals surface area contributed by atoms with Crippen LogP contribution >= 0.6 is 23.2 Å². The minimum absolute atomic E-state index is 0.0157. The molecule has 0 atom stereocenters. The van der Waals surface area contributed by atoms with Crippen LogP contribution in [-0.4, -0.2) is 33.2 Å². The van der Waals surface area contributed by atoms with Crippen molar-refractivity contribution in [3.05, 3.63) is 20.9 Å². The summed E-state index contributed by atoms with van der Waals surface area (Å²) in [6.07, 6.45) is 0.697. The van der Waals surface area contributed by atoms with Crippen molar-refractivity contribution in [1.29, 1.82) is 0 Å². The van der Waals surface area contributed by atoms with Gasteiger partial charge in [-0.15, -0.1) is 0 Å². The quantitative estimate of drug-likeness (QED) is 0.521. The zero-order chi connectivity index (χ0) is 12.4. The van der Waals surface area contributed by atoms with E-state index in [1.54, 1.807) is 7.11 Å². The number of aryl methyl sites for hydroxylation is 1. The molecule has 6 nitrogen and oxygen atoms in total. The Balaban J connectivity index is 2.47. The monoisotopic (exact) mass is 276 g/mol. The van der Waals surface area contributed by atoms with Gasteiger partial charge in [-0.3, -0.25) is 4.57 Å².